The minimum absolute atomic E-state index is 0.825. The SMILES string of the molecule is CC.CCN=C/C(C)=C\N. The van der Waals surface area contributed by atoms with Gasteiger partial charge >= 0.3 is 0 Å². The lowest BCUT2D eigenvalue weighted by Gasteiger charge is -1.83. The van der Waals surface area contributed by atoms with Gasteiger partial charge in [0.1, 0.15) is 0 Å². The maximum absolute atomic E-state index is 5.16. The van der Waals surface area contributed by atoms with Gasteiger partial charge in [0.05, 0.1) is 0 Å². The van der Waals surface area contributed by atoms with Crippen molar-refractivity contribution in [3.05, 3.63) is 11.8 Å². The summed E-state index contributed by atoms with van der Waals surface area (Å²) in [6.45, 7) is 8.73. The molecule has 0 aliphatic carbocycles. The van der Waals surface area contributed by atoms with Crippen molar-refractivity contribution >= 4 is 6.21 Å². The number of nitrogens with two attached hydrogens (primary N) is 1. The summed E-state index contributed by atoms with van der Waals surface area (Å²) in [4.78, 5) is 3.97. The summed E-state index contributed by atoms with van der Waals surface area (Å²) in [7, 11) is 0. The van der Waals surface area contributed by atoms with E-state index in [4.69, 9.17) is 5.73 Å². The van der Waals surface area contributed by atoms with Crippen LogP contribution in [0, 0.1) is 0 Å². The molecule has 0 saturated carbocycles. The largest absolute Gasteiger partial charge is 0.404 e. The van der Waals surface area contributed by atoms with Gasteiger partial charge in [-0.05, 0) is 25.6 Å². The van der Waals surface area contributed by atoms with E-state index in [1.807, 2.05) is 27.7 Å². The zero-order chi connectivity index (χ0) is 8.41. The molecule has 60 valence electrons. The van der Waals surface area contributed by atoms with Crippen molar-refractivity contribution in [2.24, 2.45) is 10.7 Å². The van der Waals surface area contributed by atoms with E-state index in [0.717, 1.165) is 12.1 Å². The Morgan fingerprint density at radius 1 is 1.50 bits per heavy atom. The number of nitrogens with zero attached hydrogens (tertiary/aromatic N) is 1. The second-order valence-corrected chi connectivity index (χ2v) is 1.54. The summed E-state index contributed by atoms with van der Waals surface area (Å²) in [6.07, 6.45) is 3.30. The Labute approximate surface area is 63.8 Å². The minimum Gasteiger partial charge on any atom is -0.404 e. The van der Waals surface area contributed by atoms with Gasteiger partial charge in [-0.15, -0.1) is 0 Å². The highest BCUT2D eigenvalue weighted by Crippen LogP contribution is 1.80. The average Bonchev–Trinajstić information content (AvgIpc) is 2.04. The van der Waals surface area contributed by atoms with Crippen molar-refractivity contribution in [1.29, 1.82) is 0 Å². The van der Waals surface area contributed by atoms with Crippen LogP contribution < -0.4 is 5.73 Å². The van der Waals surface area contributed by atoms with Crippen molar-refractivity contribution in [3.63, 3.8) is 0 Å². The van der Waals surface area contributed by atoms with Crippen LogP contribution in [0.4, 0.5) is 0 Å². The Morgan fingerprint density at radius 2 is 2.00 bits per heavy atom. The first-order valence-electron chi connectivity index (χ1n) is 3.69. The molecule has 0 aliphatic heterocycles. The Bertz CT molecular complexity index is 104. The van der Waals surface area contributed by atoms with Crippen LogP contribution in [0.5, 0.6) is 0 Å². The molecule has 2 heteroatoms. The molecular weight excluding hydrogens is 124 g/mol. The van der Waals surface area contributed by atoms with Gasteiger partial charge in [0.15, 0.2) is 0 Å². The highest BCUT2D eigenvalue weighted by atomic mass is 14.7. The Kier molecular flexibility index (Phi) is 13.2. The molecule has 0 heterocycles. The van der Waals surface area contributed by atoms with Crippen LogP contribution in [0.1, 0.15) is 27.7 Å². The summed E-state index contributed by atoms with van der Waals surface area (Å²) in [6, 6.07) is 0. The lowest BCUT2D eigenvalue weighted by Crippen LogP contribution is -1.85. The molecule has 0 aromatic heterocycles. The van der Waals surface area contributed by atoms with Crippen LogP contribution in [0.25, 0.3) is 0 Å². The monoisotopic (exact) mass is 142 g/mol. The lowest BCUT2D eigenvalue weighted by atomic mass is 10.4. The van der Waals surface area contributed by atoms with Gasteiger partial charge in [0, 0.05) is 12.8 Å². The van der Waals surface area contributed by atoms with Gasteiger partial charge in [0.25, 0.3) is 0 Å². The first kappa shape index (κ1) is 11.9. The van der Waals surface area contributed by atoms with Crippen molar-refractivity contribution in [1.82, 2.24) is 0 Å². The van der Waals surface area contributed by atoms with E-state index in [1.165, 1.54) is 0 Å². The number of allylic oxidation sites excluding steroid dienone is 1. The number of hydrogen-bond donors (Lipinski definition) is 1. The topological polar surface area (TPSA) is 38.4 Å². The molecule has 0 spiro atoms. The fraction of sp³-hybridized carbons (Fsp3) is 0.625. The van der Waals surface area contributed by atoms with Gasteiger partial charge in [-0.2, -0.15) is 0 Å². The Balaban J connectivity index is 0. The van der Waals surface area contributed by atoms with Crippen molar-refractivity contribution in [2.75, 3.05) is 6.54 Å². The van der Waals surface area contributed by atoms with Gasteiger partial charge in [-0.25, -0.2) is 0 Å². The van der Waals surface area contributed by atoms with Gasteiger partial charge < -0.3 is 5.73 Å². The molecule has 0 amide bonds. The quantitative estimate of drug-likeness (QED) is 0.588. The predicted octanol–water partition coefficient (Wildman–Crippen LogP) is 1.97. The zero-order valence-corrected chi connectivity index (χ0v) is 7.39. The normalized spacial score (nSPS) is 11.0. The average molecular weight is 142 g/mol. The number of rotatable bonds is 2. The molecule has 10 heavy (non-hydrogen) atoms. The molecule has 0 atom stereocenters. The molecule has 0 saturated heterocycles. The fourth-order valence-corrected chi connectivity index (χ4v) is 0.278. The minimum atomic E-state index is 0.825. The number of aliphatic imine (C=N–C) groups is 1. The van der Waals surface area contributed by atoms with Gasteiger partial charge in [-0.3, -0.25) is 4.99 Å². The molecule has 0 rings (SSSR count). The summed E-state index contributed by atoms with van der Waals surface area (Å²) < 4.78 is 0. The molecule has 0 fully saturated rings. The van der Waals surface area contributed by atoms with E-state index >= 15 is 0 Å². The highest BCUT2D eigenvalue weighted by molar-refractivity contribution is 5.77. The van der Waals surface area contributed by atoms with Crippen LogP contribution in [0.15, 0.2) is 16.8 Å². The third-order valence-corrected chi connectivity index (χ3v) is 0.740. The molecule has 0 aromatic rings. The van der Waals surface area contributed by atoms with Crippen LogP contribution in [-0.2, 0) is 0 Å². The molecule has 2 N–H and O–H groups in total. The first-order chi connectivity index (χ1) is 4.81. The molecule has 0 aliphatic rings. The summed E-state index contributed by atoms with van der Waals surface area (Å²) in [5, 5.41) is 0. The Morgan fingerprint density at radius 3 is 2.30 bits per heavy atom. The van der Waals surface area contributed by atoms with Crippen molar-refractivity contribution in [2.45, 2.75) is 27.7 Å². The maximum Gasteiger partial charge on any atom is 0.0361 e. The lowest BCUT2D eigenvalue weighted by molar-refractivity contribution is 1.14. The van der Waals surface area contributed by atoms with Crippen LogP contribution in [-0.4, -0.2) is 12.8 Å². The third-order valence-electron chi connectivity index (χ3n) is 0.740. The van der Waals surface area contributed by atoms with E-state index in [2.05, 4.69) is 4.99 Å². The summed E-state index contributed by atoms with van der Waals surface area (Å²) in [5.74, 6) is 0. The molecule has 2 nitrogen and oxygen atoms in total. The summed E-state index contributed by atoms with van der Waals surface area (Å²) in [5.41, 5.74) is 6.17. The van der Waals surface area contributed by atoms with E-state index in [9.17, 15) is 0 Å². The zero-order valence-electron chi connectivity index (χ0n) is 7.39. The third kappa shape index (κ3) is 10.2. The van der Waals surface area contributed by atoms with E-state index < -0.39 is 0 Å². The van der Waals surface area contributed by atoms with Crippen molar-refractivity contribution in [3.8, 4) is 0 Å². The first-order valence-corrected chi connectivity index (χ1v) is 3.69. The van der Waals surface area contributed by atoms with E-state index in [1.54, 1.807) is 12.4 Å². The second kappa shape index (κ2) is 11.1. The molecule has 0 bridgehead atoms. The van der Waals surface area contributed by atoms with Crippen LogP contribution >= 0.6 is 0 Å². The van der Waals surface area contributed by atoms with Crippen LogP contribution in [0.2, 0.25) is 0 Å². The van der Waals surface area contributed by atoms with Gasteiger partial charge in [-0.1, -0.05) is 13.8 Å². The van der Waals surface area contributed by atoms with Crippen molar-refractivity contribution < 1.29 is 0 Å². The summed E-state index contributed by atoms with van der Waals surface area (Å²) >= 11 is 0. The molecular formula is C8H18N2. The fourth-order valence-electron chi connectivity index (χ4n) is 0.278. The smallest absolute Gasteiger partial charge is 0.0361 e. The Hall–Kier alpha value is -0.790. The second-order valence-electron chi connectivity index (χ2n) is 1.54. The maximum atomic E-state index is 5.16. The van der Waals surface area contributed by atoms with E-state index in [0.29, 0.717) is 0 Å². The van der Waals surface area contributed by atoms with E-state index in [-0.39, 0.29) is 0 Å². The van der Waals surface area contributed by atoms with Crippen LogP contribution in [0.3, 0.4) is 0 Å². The highest BCUT2D eigenvalue weighted by Gasteiger charge is 1.74. The molecule has 0 radical (unpaired) electrons. The molecule has 0 unspecified atom stereocenters. The number of hydrogen-bond acceptors (Lipinski definition) is 2. The van der Waals surface area contributed by atoms with Gasteiger partial charge in [0.2, 0.25) is 0 Å². The predicted molar refractivity (Wildman–Crippen MR) is 48.3 cm³/mol. The standard InChI is InChI=1S/C6H12N2.C2H6/c1-3-8-5-6(2)4-7;1-2/h4-5H,3,7H2,1-2H3;1-2H3/b6-4-,8-5?;. The molecule has 0 aromatic carbocycles.